The van der Waals surface area contributed by atoms with Crippen LogP contribution < -0.4 is 10.1 Å². The number of rotatable bonds is 15. The molecule has 0 unspecified atom stereocenters. The zero-order valence-corrected chi connectivity index (χ0v) is 26.1. The highest BCUT2D eigenvalue weighted by Gasteiger charge is 2.45. The molecule has 0 saturated heterocycles. The molecule has 2 aromatic carbocycles. The number of ketones is 1. The first kappa shape index (κ1) is 34.1. The minimum Gasteiger partial charge on any atom is -0.463 e. The molecular weight excluding hydrogens is 637 g/mol. The summed E-state index contributed by atoms with van der Waals surface area (Å²) in [5.41, 5.74) is 1.18. The maximum absolute atomic E-state index is 12.9. The molecule has 4 rings (SSSR count). The number of alkyl halides is 3. The second kappa shape index (κ2) is 14.1. The molecule has 10 nitrogen and oxygen atoms in total. The van der Waals surface area contributed by atoms with Gasteiger partial charge in [0.1, 0.15) is 11.6 Å². The summed E-state index contributed by atoms with van der Waals surface area (Å²) in [5, 5.41) is 3.77. The third kappa shape index (κ3) is 10.7. The summed E-state index contributed by atoms with van der Waals surface area (Å²) in [6, 6.07) is 12.7. The van der Waals surface area contributed by atoms with Gasteiger partial charge in [-0.15, -0.1) is 0 Å². The molecule has 0 radical (unpaired) electrons. The van der Waals surface area contributed by atoms with Crippen molar-refractivity contribution >= 4 is 39.1 Å². The van der Waals surface area contributed by atoms with Gasteiger partial charge in [0.05, 0.1) is 17.4 Å². The Balaban J connectivity index is 1.43. The zero-order valence-electron chi connectivity index (χ0n) is 24.6. The number of carbonyl (C=O) groups excluding carboxylic acids is 2. The van der Waals surface area contributed by atoms with Crippen molar-refractivity contribution in [2.24, 2.45) is 0 Å². The van der Waals surface area contributed by atoms with E-state index in [1.54, 1.807) is 38.1 Å². The molecular formula is C30H32ClF3N4O6S. The number of esters is 1. The topological polar surface area (TPSA) is 137 Å². The second-order valence-corrected chi connectivity index (χ2v) is 13.6. The fourth-order valence-corrected chi connectivity index (χ4v) is 5.86. The van der Waals surface area contributed by atoms with Gasteiger partial charge in [-0.3, -0.25) is 9.59 Å². The van der Waals surface area contributed by atoms with Crippen LogP contribution in [0.15, 0.2) is 48.5 Å². The molecule has 1 heterocycles. The van der Waals surface area contributed by atoms with Crippen LogP contribution in [0.25, 0.3) is 0 Å². The third-order valence-corrected chi connectivity index (χ3v) is 8.58. The lowest BCUT2D eigenvalue weighted by Gasteiger charge is -2.19. The van der Waals surface area contributed by atoms with Gasteiger partial charge in [-0.25, -0.2) is 8.42 Å². The molecule has 0 aliphatic heterocycles. The molecule has 242 valence electrons. The lowest BCUT2D eigenvalue weighted by Crippen LogP contribution is -2.23. The Morgan fingerprint density at radius 2 is 1.69 bits per heavy atom. The SMILES string of the molecule is CC(C)OC(=O)CCCS(=O)(=O)CC(=O)c1ccc(Cc2nc(NC3(c4ccc(Cl)cc4)CC3)nc(OCC(F)(F)F)n2)cc1. The first-order valence-corrected chi connectivity index (χ1v) is 16.3. The van der Waals surface area contributed by atoms with E-state index in [9.17, 15) is 31.2 Å². The fourth-order valence-electron chi connectivity index (χ4n) is 4.44. The van der Waals surface area contributed by atoms with Crippen molar-refractivity contribution in [1.29, 1.82) is 0 Å². The number of ether oxygens (including phenoxy) is 2. The molecule has 45 heavy (non-hydrogen) atoms. The van der Waals surface area contributed by atoms with Crippen LogP contribution in [0.5, 0.6) is 6.01 Å². The first-order valence-electron chi connectivity index (χ1n) is 14.1. The van der Waals surface area contributed by atoms with Gasteiger partial charge >= 0.3 is 18.2 Å². The van der Waals surface area contributed by atoms with Crippen molar-refractivity contribution < 1.29 is 40.7 Å². The average Bonchev–Trinajstić information content (AvgIpc) is 3.71. The number of halogens is 4. The number of Topliss-reactive ketones (excluding diaryl/α,β-unsaturated/α-hetero) is 1. The number of hydrogen-bond donors (Lipinski definition) is 1. The third-order valence-electron chi connectivity index (χ3n) is 6.72. The molecule has 1 aliphatic carbocycles. The molecule has 1 aromatic heterocycles. The van der Waals surface area contributed by atoms with Crippen LogP contribution in [-0.2, 0) is 31.3 Å². The molecule has 1 fully saturated rings. The minimum absolute atomic E-state index is 0.0401. The smallest absolute Gasteiger partial charge is 0.422 e. The largest absolute Gasteiger partial charge is 0.463 e. The van der Waals surface area contributed by atoms with E-state index >= 15 is 0 Å². The predicted octanol–water partition coefficient (Wildman–Crippen LogP) is 5.49. The van der Waals surface area contributed by atoms with Gasteiger partial charge in [0, 0.05) is 23.4 Å². The number of carbonyl (C=O) groups is 2. The van der Waals surface area contributed by atoms with Crippen molar-refractivity contribution in [2.45, 2.75) is 63.8 Å². The summed E-state index contributed by atoms with van der Waals surface area (Å²) in [4.78, 5) is 36.8. The van der Waals surface area contributed by atoms with Crippen molar-refractivity contribution in [3.8, 4) is 6.01 Å². The van der Waals surface area contributed by atoms with Gasteiger partial charge in [-0.05, 0) is 56.4 Å². The number of nitrogens with zero attached hydrogens (tertiary/aromatic N) is 3. The van der Waals surface area contributed by atoms with E-state index in [0.717, 1.165) is 18.4 Å². The summed E-state index contributed by atoms with van der Waals surface area (Å²) >= 11 is 6.01. The molecule has 0 spiro atoms. The minimum atomic E-state index is -4.60. The zero-order chi connectivity index (χ0) is 32.8. The summed E-state index contributed by atoms with van der Waals surface area (Å²) in [6.45, 7) is 1.80. The van der Waals surface area contributed by atoms with Gasteiger partial charge in [-0.1, -0.05) is 48.0 Å². The molecule has 1 aliphatic rings. The Bertz CT molecular complexity index is 1610. The maximum Gasteiger partial charge on any atom is 0.422 e. The van der Waals surface area contributed by atoms with E-state index < -0.39 is 51.7 Å². The quantitative estimate of drug-likeness (QED) is 0.164. The summed E-state index contributed by atoms with van der Waals surface area (Å²) < 4.78 is 73.2. The number of benzene rings is 2. The van der Waals surface area contributed by atoms with Crippen LogP contribution in [0.2, 0.25) is 5.02 Å². The van der Waals surface area contributed by atoms with Crippen molar-refractivity contribution in [1.82, 2.24) is 15.0 Å². The van der Waals surface area contributed by atoms with Gasteiger partial charge in [0.15, 0.2) is 22.2 Å². The average molecular weight is 669 g/mol. The highest BCUT2D eigenvalue weighted by atomic mass is 35.5. The van der Waals surface area contributed by atoms with E-state index in [4.69, 9.17) is 21.1 Å². The standard InChI is InChI=1S/C30H32ClF3N4O6S/c1-19(2)44-26(40)4-3-15-45(41,42)17-24(39)21-7-5-20(6-8-21)16-25-35-27(37-28(36-25)43-18-30(32,33)34)38-29(13-14-29)22-9-11-23(31)12-10-22/h5-12,19H,3-4,13-18H2,1-2H3,(H,35,36,37,38). The molecule has 3 aromatic rings. The molecule has 1 saturated carbocycles. The number of aromatic nitrogens is 3. The lowest BCUT2D eigenvalue weighted by molar-refractivity contribution is -0.154. The van der Waals surface area contributed by atoms with Crippen molar-refractivity contribution in [3.05, 3.63) is 76.1 Å². The van der Waals surface area contributed by atoms with Crippen LogP contribution in [0.1, 0.15) is 66.8 Å². The molecule has 0 bridgehead atoms. The predicted molar refractivity (Wildman–Crippen MR) is 160 cm³/mol. The Kier molecular flexibility index (Phi) is 10.7. The van der Waals surface area contributed by atoms with Crippen LogP contribution in [0.4, 0.5) is 19.1 Å². The van der Waals surface area contributed by atoms with Gasteiger partial charge in [0.2, 0.25) is 5.95 Å². The van der Waals surface area contributed by atoms with Gasteiger partial charge in [-0.2, -0.15) is 28.1 Å². The summed E-state index contributed by atoms with van der Waals surface area (Å²) in [7, 11) is -3.76. The van der Waals surface area contributed by atoms with Crippen LogP contribution in [0.3, 0.4) is 0 Å². The highest BCUT2D eigenvalue weighted by molar-refractivity contribution is 7.92. The number of hydrogen-bond acceptors (Lipinski definition) is 10. The lowest BCUT2D eigenvalue weighted by atomic mass is 10.1. The van der Waals surface area contributed by atoms with E-state index in [0.29, 0.717) is 10.6 Å². The van der Waals surface area contributed by atoms with Crippen LogP contribution >= 0.6 is 11.6 Å². The van der Waals surface area contributed by atoms with E-state index in [-0.39, 0.29) is 48.5 Å². The molecule has 1 N–H and O–H groups in total. The molecule has 0 amide bonds. The Morgan fingerprint density at radius 1 is 1.02 bits per heavy atom. The molecule has 15 heteroatoms. The van der Waals surface area contributed by atoms with Gasteiger partial charge in [0.25, 0.3) is 0 Å². The number of anilines is 1. The maximum atomic E-state index is 12.9. The highest BCUT2D eigenvalue weighted by Crippen LogP contribution is 2.48. The fraction of sp³-hybridized carbons (Fsp3) is 0.433. The van der Waals surface area contributed by atoms with Crippen LogP contribution in [0, 0.1) is 0 Å². The second-order valence-electron chi connectivity index (χ2n) is 11.0. The first-order chi connectivity index (χ1) is 21.1. The molecule has 0 atom stereocenters. The van der Waals surface area contributed by atoms with Gasteiger partial charge < -0.3 is 14.8 Å². The Labute approximate surface area is 263 Å². The Hall–Kier alpha value is -3.78. The summed E-state index contributed by atoms with van der Waals surface area (Å²) in [6.07, 6.45) is -3.39. The van der Waals surface area contributed by atoms with E-state index in [2.05, 4.69) is 20.3 Å². The van der Waals surface area contributed by atoms with Crippen molar-refractivity contribution in [3.63, 3.8) is 0 Å². The number of nitrogens with one attached hydrogen (secondary N) is 1. The summed E-state index contributed by atoms with van der Waals surface area (Å²) in [5.74, 6) is -2.01. The van der Waals surface area contributed by atoms with Crippen LogP contribution in [-0.4, -0.2) is 65.5 Å². The van der Waals surface area contributed by atoms with Crippen molar-refractivity contribution in [2.75, 3.05) is 23.4 Å². The van der Waals surface area contributed by atoms with E-state index in [1.165, 1.54) is 12.1 Å². The van der Waals surface area contributed by atoms with E-state index in [1.807, 2.05) is 12.1 Å². The monoisotopic (exact) mass is 668 g/mol. The number of sulfone groups is 1. The normalized spacial score (nSPS) is 14.2. The Morgan fingerprint density at radius 3 is 2.29 bits per heavy atom.